The number of hydrogen-bond acceptors (Lipinski definition) is 3. The second-order valence-electron chi connectivity index (χ2n) is 4.22. The third-order valence-electron chi connectivity index (χ3n) is 2.92. The number of hydrogen-bond donors (Lipinski definition) is 2. The fourth-order valence-corrected chi connectivity index (χ4v) is 2.38. The van der Waals surface area contributed by atoms with E-state index in [0.717, 1.165) is 35.3 Å². The van der Waals surface area contributed by atoms with E-state index in [2.05, 4.69) is 28.2 Å². The van der Waals surface area contributed by atoms with Gasteiger partial charge in [0.2, 0.25) is 0 Å². The Labute approximate surface area is 104 Å². The first kappa shape index (κ1) is 11.7. The van der Waals surface area contributed by atoms with Crippen molar-refractivity contribution in [2.24, 2.45) is 0 Å². The number of ether oxygens (including phenoxy) is 1. The smallest absolute Gasteiger partial charge is 0.0774 e. The molecule has 0 aromatic heterocycles. The summed E-state index contributed by atoms with van der Waals surface area (Å²) < 4.78 is 6.64. The molecule has 0 saturated carbocycles. The van der Waals surface area contributed by atoms with Gasteiger partial charge in [0.25, 0.3) is 0 Å². The average Bonchev–Trinajstić information content (AvgIpc) is 2.75. The van der Waals surface area contributed by atoms with Crippen molar-refractivity contribution in [1.29, 1.82) is 0 Å². The van der Waals surface area contributed by atoms with Crippen molar-refractivity contribution >= 4 is 27.3 Å². The zero-order chi connectivity index (χ0) is 11.5. The maximum Gasteiger partial charge on any atom is 0.0774 e. The number of nitrogen functional groups attached to an aromatic ring is 1. The van der Waals surface area contributed by atoms with Crippen LogP contribution in [0.5, 0.6) is 0 Å². The second-order valence-corrected chi connectivity index (χ2v) is 5.13. The molecule has 0 bridgehead atoms. The van der Waals surface area contributed by atoms with Gasteiger partial charge in [-0.25, -0.2) is 0 Å². The molecule has 3 nitrogen and oxygen atoms in total. The second kappa shape index (κ2) is 5.06. The van der Waals surface area contributed by atoms with Crippen LogP contribution in [0.2, 0.25) is 0 Å². The minimum absolute atomic E-state index is 0.297. The maximum atomic E-state index is 5.94. The van der Waals surface area contributed by atoms with Crippen molar-refractivity contribution in [3.05, 3.63) is 22.7 Å². The number of benzene rings is 1. The highest BCUT2D eigenvalue weighted by molar-refractivity contribution is 9.10. The predicted octanol–water partition coefficient (Wildman–Crippen LogP) is 3.01. The molecule has 1 aromatic rings. The Morgan fingerprint density at radius 2 is 2.38 bits per heavy atom. The number of anilines is 2. The molecule has 88 valence electrons. The number of halogens is 1. The molecule has 1 heterocycles. The molecule has 1 aromatic carbocycles. The number of nitrogens with one attached hydrogen (secondary N) is 1. The lowest BCUT2D eigenvalue weighted by molar-refractivity contribution is 0.0997. The van der Waals surface area contributed by atoms with Gasteiger partial charge < -0.3 is 15.8 Å². The Balaban J connectivity index is 2.02. The van der Waals surface area contributed by atoms with Crippen LogP contribution in [0.3, 0.4) is 0 Å². The van der Waals surface area contributed by atoms with Crippen molar-refractivity contribution in [2.75, 3.05) is 17.7 Å². The van der Waals surface area contributed by atoms with Crippen LogP contribution in [-0.2, 0) is 4.74 Å². The summed E-state index contributed by atoms with van der Waals surface area (Å²) in [4.78, 5) is 0. The van der Waals surface area contributed by atoms with E-state index in [0.29, 0.717) is 12.1 Å². The first-order valence-electron chi connectivity index (χ1n) is 5.60. The summed E-state index contributed by atoms with van der Waals surface area (Å²) in [5.41, 5.74) is 7.68. The fourth-order valence-electron chi connectivity index (χ4n) is 2.00. The van der Waals surface area contributed by atoms with E-state index in [9.17, 15) is 0 Å². The Morgan fingerprint density at radius 3 is 3.00 bits per heavy atom. The van der Waals surface area contributed by atoms with Crippen molar-refractivity contribution in [1.82, 2.24) is 0 Å². The molecular weight excluding hydrogens is 268 g/mol. The minimum Gasteiger partial charge on any atom is -0.397 e. The first-order chi connectivity index (χ1) is 7.66. The van der Waals surface area contributed by atoms with Gasteiger partial charge in [-0.05, 0) is 38.0 Å². The third kappa shape index (κ3) is 2.68. The molecule has 0 spiro atoms. The lowest BCUT2D eigenvalue weighted by Gasteiger charge is -2.22. The molecule has 1 aliphatic heterocycles. The molecule has 2 unspecified atom stereocenters. The molecule has 16 heavy (non-hydrogen) atoms. The topological polar surface area (TPSA) is 47.3 Å². The van der Waals surface area contributed by atoms with Gasteiger partial charge in [-0.3, -0.25) is 0 Å². The standard InChI is InChI=1S/C12H17BrN2O/c1-8(12-3-2-6-16-12)15-11-5-4-9(13)7-10(11)14/h4-5,7-8,12,15H,2-3,6,14H2,1H3. The quantitative estimate of drug-likeness (QED) is 0.839. The summed E-state index contributed by atoms with van der Waals surface area (Å²) >= 11 is 3.40. The van der Waals surface area contributed by atoms with E-state index in [1.807, 2.05) is 18.2 Å². The number of nitrogens with two attached hydrogens (primary N) is 1. The lowest BCUT2D eigenvalue weighted by atomic mass is 10.1. The van der Waals surface area contributed by atoms with Gasteiger partial charge in [0.05, 0.1) is 17.5 Å². The Bertz CT molecular complexity index is 364. The van der Waals surface area contributed by atoms with Crippen molar-refractivity contribution in [3.63, 3.8) is 0 Å². The molecule has 2 atom stereocenters. The van der Waals surface area contributed by atoms with Crippen LogP contribution >= 0.6 is 15.9 Å². The van der Waals surface area contributed by atoms with Crippen LogP contribution in [0.15, 0.2) is 22.7 Å². The van der Waals surface area contributed by atoms with Gasteiger partial charge in [-0.2, -0.15) is 0 Å². The Hall–Kier alpha value is -0.740. The molecule has 3 N–H and O–H groups in total. The normalized spacial score (nSPS) is 22.0. The van der Waals surface area contributed by atoms with Gasteiger partial charge in [-0.1, -0.05) is 15.9 Å². The summed E-state index contributed by atoms with van der Waals surface area (Å²) in [5.74, 6) is 0. The molecule has 2 rings (SSSR count). The van der Waals surface area contributed by atoms with E-state index in [1.165, 1.54) is 0 Å². The molecule has 0 aliphatic carbocycles. The van der Waals surface area contributed by atoms with Crippen molar-refractivity contribution in [3.8, 4) is 0 Å². The van der Waals surface area contributed by atoms with E-state index < -0.39 is 0 Å². The molecule has 1 aliphatic rings. The van der Waals surface area contributed by atoms with Crippen LogP contribution < -0.4 is 11.1 Å². The van der Waals surface area contributed by atoms with Crippen molar-refractivity contribution < 1.29 is 4.74 Å². The lowest BCUT2D eigenvalue weighted by Crippen LogP contribution is -2.30. The minimum atomic E-state index is 0.297. The summed E-state index contributed by atoms with van der Waals surface area (Å²) in [6.07, 6.45) is 2.60. The monoisotopic (exact) mass is 284 g/mol. The fraction of sp³-hybridized carbons (Fsp3) is 0.500. The van der Waals surface area contributed by atoms with Gasteiger partial charge in [0, 0.05) is 17.1 Å². The van der Waals surface area contributed by atoms with Gasteiger partial charge in [0.15, 0.2) is 0 Å². The molecule has 1 fully saturated rings. The zero-order valence-corrected chi connectivity index (χ0v) is 11.0. The summed E-state index contributed by atoms with van der Waals surface area (Å²) in [5, 5.41) is 3.41. The van der Waals surface area contributed by atoms with E-state index in [4.69, 9.17) is 10.5 Å². The Kier molecular flexibility index (Phi) is 3.71. The van der Waals surface area contributed by atoms with Crippen LogP contribution in [0.25, 0.3) is 0 Å². The van der Waals surface area contributed by atoms with Gasteiger partial charge in [-0.15, -0.1) is 0 Å². The van der Waals surface area contributed by atoms with Gasteiger partial charge >= 0.3 is 0 Å². The molecule has 1 saturated heterocycles. The zero-order valence-electron chi connectivity index (χ0n) is 9.37. The molecule has 0 radical (unpaired) electrons. The largest absolute Gasteiger partial charge is 0.397 e. The molecule has 0 amide bonds. The maximum absolute atomic E-state index is 5.94. The average molecular weight is 285 g/mol. The van der Waals surface area contributed by atoms with E-state index in [1.54, 1.807) is 0 Å². The highest BCUT2D eigenvalue weighted by Gasteiger charge is 2.22. The number of rotatable bonds is 3. The highest BCUT2D eigenvalue weighted by Crippen LogP contribution is 2.25. The molecule has 4 heteroatoms. The first-order valence-corrected chi connectivity index (χ1v) is 6.39. The van der Waals surface area contributed by atoms with Gasteiger partial charge in [0.1, 0.15) is 0 Å². The van der Waals surface area contributed by atoms with E-state index >= 15 is 0 Å². The summed E-state index contributed by atoms with van der Waals surface area (Å²) in [6, 6.07) is 6.18. The van der Waals surface area contributed by atoms with Crippen LogP contribution in [0.1, 0.15) is 19.8 Å². The Morgan fingerprint density at radius 1 is 1.56 bits per heavy atom. The van der Waals surface area contributed by atoms with Crippen LogP contribution in [0.4, 0.5) is 11.4 Å². The summed E-state index contributed by atoms with van der Waals surface area (Å²) in [7, 11) is 0. The SMILES string of the molecule is CC(Nc1ccc(Br)cc1N)C1CCCO1. The van der Waals surface area contributed by atoms with E-state index in [-0.39, 0.29) is 0 Å². The molecular formula is C12H17BrN2O. The highest BCUT2D eigenvalue weighted by atomic mass is 79.9. The summed E-state index contributed by atoms with van der Waals surface area (Å²) in [6.45, 7) is 3.02. The third-order valence-corrected chi connectivity index (χ3v) is 3.41. The predicted molar refractivity (Wildman–Crippen MR) is 70.6 cm³/mol. The van der Waals surface area contributed by atoms with Crippen LogP contribution in [0, 0.1) is 0 Å². The van der Waals surface area contributed by atoms with Crippen LogP contribution in [-0.4, -0.2) is 18.8 Å². The van der Waals surface area contributed by atoms with Crippen molar-refractivity contribution in [2.45, 2.75) is 31.9 Å².